The summed E-state index contributed by atoms with van der Waals surface area (Å²) in [4.78, 5) is 25.6. The zero-order valence-corrected chi connectivity index (χ0v) is 17.3. The minimum absolute atomic E-state index is 0.109. The molecule has 2 aromatic rings. The number of rotatable bonds is 2. The lowest BCUT2D eigenvalue weighted by Crippen LogP contribution is -2.56. The standard InChI is InChI=1S/C18H16Cl4N2O2/c1-18(2,3)24(17(26)11-8-7-10(19)9-14(11)21)23-16(25)12-5-4-6-13(20)15(12)22/h4-9H,1-3H3,(H,23,25). The van der Waals surface area contributed by atoms with Gasteiger partial charge in [0.2, 0.25) is 0 Å². The molecule has 0 bridgehead atoms. The molecule has 0 aliphatic heterocycles. The van der Waals surface area contributed by atoms with E-state index in [1.54, 1.807) is 39.0 Å². The van der Waals surface area contributed by atoms with Crippen molar-refractivity contribution < 1.29 is 9.59 Å². The van der Waals surface area contributed by atoms with Gasteiger partial charge in [0, 0.05) is 5.02 Å². The molecule has 0 fully saturated rings. The zero-order valence-electron chi connectivity index (χ0n) is 14.2. The number of nitrogens with one attached hydrogen (secondary N) is 1. The number of hydrogen-bond acceptors (Lipinski definition) is 2. The Hall–Kier alpha value is -1.46. The van der Waals surface area contributed by atoms with Crippen LogP contribution in [0.4, 0.5) is 0 Å². The lowest BCUT2D eigenvalue weighted by Gasteiger charge is -2.35. The average Bonchev–Trinajstić information content (AvgIpc) is 2.53. The molecule has 0 atom stereocenters. The van der Waals surface area contributed by atoms with Crippen molar-refractivity contribution in [2.45, 2.75) is 26.3 Å². The van der Waals surface area contributed by atoms with Gasteiger partial charge in [0.15, 0.2) is 0 Å². The summed E-state index contributed by atoms with van der Waals surface area (Å²) < 4.78 is 0. The highest BCUT2D eigenvalue weighted by Gasteiger charge is 2.31. The maximum Gasteiger partial charge on any atom is 0.274 e. The van der Waals surface area contributed by atoms with Crippen LogP contribution in [-0.2, 0) is 0 Å². The highest BCUT2D eigenvalue weighted by Crippen LogP contribution is 2.27. The van der Waals surface area contributed by atoms with E-state index in [2.05, 4.69) is 5.43 Å². The van der Waals surface area contributed by atoms with Gasteiger partial charge in [-0.2, -0.15) is 0 Å². The van der Waals surface area contributed by atoms with E-state index in [9.17, 15) is 9.59 Å². The van der Waals surface area contributed by atoms with Crippen LogP contribution >= 0.6 is 46.4 Å². The number of nitrogens with zero attached hydrogens (tertiary/aromatic N) is 1. The van der Waals surface area contributed by atoms with E-state index in [0.29, 0.717) is 5.02 Å². The molecule has 4 nitrogen and oxygen atoms in total. The molecule has 0 saturated heterocycles. The second kappa shape index (κ2) is 8.05. The van der Waals surface area contributed by atoms with Crippen LogP contribution < -0.4 is 5.43 Å². The monoisotopic (exact) mass is 432 g/mol. The molecule has 0 unspecified atom stereocenters. The summed E-state index contributed by atoms with van der Waals surface area (Å²) in [5, 5.41) is 2.14. The molecule has 0 aliphatic rings. The average molecular weight is 434 g/mol. The minimum atomic E-state index is -0.735. The summed E-state index contributed by atoms with van der Waals surface area (Å²) in [5.74, 6) is -1.04. The van der Waals surface area contributed by atoms with Gasteiger partial charge in [-0.1, -0.05) is 52.5 Å². The van der Waals surface area contributed by atoms with Crippen LogP contribution in [0.3, 0.4) is 0 Å². The smallest absolute Gasteiger partial charge is 0.267 e. The number of carbonyl (C=O) groups excluding carboxylic acids is 2. The van der Waals surface area contributed by atoms with Crippen molar-refractivity contribution in [1.29, 1.82) is 0 Å². The Balaban J connectivity index is 2.38. The number of carbonyl (C=O) groups is 2. The first-order chi connectivity index (χ1) is 12.0. The Morgan fingerprint density at radius 3 is 2.15 bits per heavy atom. The van der Waals surface area contributed by atoms with Crippen molar-refractivity contribution in [2.24, 2.45) is 0 Å². The Morgan fingerprint density at radius 1 is 0.923 bits per heavy atom. The Bertz CT molecular complexity index is 863. The lowest BCUT2D eigenvalue weighted by atomic mass is 10.1. The normalized spacial score (nSPS) is 11.2. The third kappa shape index (κ3) is 4.63. The zero-order chi connectivity index (χ0) is 19.6. The minimum Gasteiger partial charge on any atom is -0.267 e. The largest absolute Gasteiger partial charge is 0.274 e. The molecule has 0 aliphatic carbocycles. The third-order valence-corrected chi connectivity index (χ3v) is 4.81. The molecule has 138 valence electrons. The summed E-state index contributed by atoms with van der Waals surface area (Å²) in [6.45, 7) is 5.32. The third-order valence-electron chi connectivity index (χ3n) is 3.45. The highest BCUT2D eigenvalue weighted by molar-refractivity contribution is 6.43. The number of halogens is 4. The lowest BCUT2D eigenvalue weighted by molar-refractivity contribution is 0.0359. The second-order valence-corrected chi connectivity index (χ2v) is 8.11. The van der Waals surface area contributed by atoms with Crippen molar-refractivity contribution >= 4 is 58.2 Å². The summed E-state index contributed by atoms with van der Waals surface area (Å²) >= 11 is 24.1. The molecule has 0 spiro atoms. The predicted octanol–water partition coefficient (Wildman–Crippen LogP) is 5.89. The van der Waals surface area contributed by atoms with Crippen LogP contribution in [0.25, 0.3) is 0 Å². The van der Waals surface area contributed by atoms with Gasteiger partial charge in [0.25, 0.3) is 11.8 Å². The summed E-state index contributed by atoms with van der Waals surface area (Å²) in [5.41, 5.74) is 2.22. The van der Waals surface area contributed by atoms with Gasteiger partial charge in [0.1, 0.15) is 0 Å². The van der Waals surface area contributed by atoms with Crippen molar-refractivity contribution in [3.63, 3.8) is 0 Å². The van der Waals surface area contributed by atoms with E-state index in [0.717, 1.165) is 0 Å². The number of hydrazine groups is 1. The summed E-state index contributed by atoms with van der Waals surface area (Å²) in [7, 11) is 0. The van der Waals surface area contributed by atoms with Gasteiger partial charge in [-0.15, -0.1) is 0 Å². The van der Waals surface area contributed by atoms with E-state index in [1.807, 2.05) is 0 Å². The first-order valence-electron chi connectivity index (χ1n) is 7.57. The summed E-state index contributed by atoms with van der Waals surface area (Å²) in [6, 6.07) is 9.21. The number of hydrogen-bond donors (Lipinski definition) is 1. The molecular weight excluding hydrogens is 418 g/mol. The Morgan fingerprint density at radius 2 is 1.58 bits per heavy atom. The van der Waals surface area contributed by atoms with E-state index in [1.165, 1.54) is 23.2 Å². The maximum atomic E-state index is 13.0. The molecular formula is C18H16Cl4N2O2. The first-order valence-corrected chi connectivity index (χ1v) is 9.08. The molecule has 2 rings (SSSR count). The van der Waals surface area contributed by atoms with Crippen molar-refractivity contribution in [3.8, 4) is 0 Å². The van der Waals surface area contributed by atoms with E-state index >= 15 is 0 Å². The molecule has 8 heteroatoms. The van der Waals surface area contributed by atoms with Gasteiger partial charge >= 0.3 is 0 Å². The Labute approximate surface area is 171 Å². The van der Waals surface area contributed by atoms with Gasteiger partial charge in [0.05, 0.1) is 31.7 Å². The quantitative estimate of drug-likeness (QED) is 0.600. The van der Waals surface area contributed by atoms with Crippen molar-refractivity contribution in [1.82, 2.24) is 10.4 Å². The van der Waals surface area contributed by atoms with Crippen molar-refractivity contribution in [2.75, 3.05) is 0 Å². The van der Waals surface area contributed by atoms with Gasteiger partial charge in [-0.25, -0.2) is 5.01 Å². The van der Waals surface area contributed by atoms with Crippen LogP contribution in [0.15, 0.2) is 36.4 Å². The molecule has 2 amide bonds. The molecule has 0 saturated carbocycles. The van der Waals surface area contributed by atoms with Crippen LogP contribution in [-0.4, -0.2) is 22.4 Å². The molecule has 0 aromatic heterocycles. The van der Waals surface area contributed by atoms with E-state index in [4.69, 9.17) is 46.4 Å². The maximum absolute atomic E-state index is 13.0. The topological polar surface area (TPSA) is 49.4 Å². The second-order valence-electron chi connectivity index (χ2n) is 6.48. The molecule has 0 heterocycles. The fourth-order valence-corrected chi connectivity index (χ4v) is 3.02. The van der Waals surface area contributed by atoms with Crippen LogP contribution in [0, 0.1) is 0 Å². The van der Waals surface area contributed by atoms with Crippen LogP contribution in [0.2, 0.25) is 20.1 Å². The molecule has 1 N–H and O–H groups in total. The van der Waals surface area contributed by atoms with E-state index in [-0.39, 0.29) is 26.2 Å². The number of amides is 2. The van der Waals surface area contributed by atoms with Gasteiger partial charge in [-0.3, -0.25) is 15.0 Å². The Kier molecular flexibility index (Phi) is 6.46. The van der Waals surface area contributed by atoms with Gasteiger partial charge < -0.3 is 0 Å². The molecule has 0 radical (unpaired) electrons. The summed E-state index contributed by atoms with van der Waals surface area (Å²) in [6.07, 6.45) is 0. The van der Waals surface area contributed by atoms with E-state index < -0.39 is 17.4 Å². The SMILES string of the molecule is CC(C)(C)N(NC(=O)c1cccc(Cl)c1Cl)C(=O)c1ccc(Cl)cc1Cl. The molecule has 26 heavy (non-hydrogen) atoms. The highest BCUT2D eigenvalue weighted by atomic mass is 35.5. The first kappa shape index (κ1) is 20.8. The fraction of sp³-hybridized carbons (Fsp3) is 0.222. The number of benzene rings is 2. The predicted molar refractivity (Wildman–Crippen MR) is 106 cm³/mol. The van der Waals surface area contributed by atoms with Crippen molar-refractivity contribution in [3.05, 3.63) is 67.6 Å². The van der Waals surface area contributed by atoms with Gasteiger partial charge in [-0.05, 0) is 51.1 Å². The fourth-order valence-electron chi connectivity index (χ4n) is 2.15. The van der Waals surface area contributed by atoms with Crippen LogP contribution in [0.1, 0.15) is 41.5 Å². The molecule has 2 aromatic carbocycles. The van der Waals surface area contributed by atoms with Crippen LogP contribution in [0.5, 0.6) is 0 Å².